The summed E-state index contributed by atoms with van der Waals surface area (Å²) >= 11 is 0. The van der Waals surface area contributed by atoms with Gasteiger partial charge >= 0.3 is 0 Å². The predicted molar refractivity (Wildman–Crippen MR) is 130 cm³/mol. The highest BCUT2D eigenvalue weighted by Gasteiger charge is 2.26. The summed E-state index contributed by atoms with van der Waals surface area (Å²) in [6, 6.07) is 4.38. The lowest BCUT2D eigenvalue weighted by molar-refractivity contribution is 0.413. The molecule has 0 spiro atoms. The van der Waals surface area contributed by atoms with Gasteiger partial charge in [-0.05, 0) is 37.8 Å². The quantitative estimate of drug-likeness (QED) is 0.341. The van der Waals surface area contributed by atoms with E-state index >= 15 is 0 Å². The highest BCUT2D eigenvalue weighted by atomic mass is 127. The maximum atomic E-state index is 12.1. The van der Waals surface area contributed by atoms with E-state index < -0.39 is 10.8 Å². The van der Waals surface area contributed by atoms with Gasteiger partial charge in [-0.25, -0.2) is 9.97 Å². The Kier molecular flexibility index (Phi) is 9.54. The molecule has 0 saturated heterocycles. The van der Waals surface area contributed by atoms with Gasteiger partial charge in [0.05, 0.1) is 0 Å². The summed E-state index contributed by atoms with van der Waals surface area (Å²) < 4.78 is 14.1. The van der Waals surface area contributed by atoms with Gasteiger partial charge in [0.1, 0.15) is 11.6 Å². The first-order valence-corrected chi connectivity index (χ1v) is 11.3. The van der Waals surface area contributed by atoms with E-state index in [1.165, 1.54) is 0 Å². The van der Waals surface area contributed by atoms with Crippen molar-refractivity contribution in [2.45, 2.75) is 57.4 Å². The van der Waals surface area contributed by atoms with Gasteiger partial charge in [-0.15, -0.1) is 24.0 Å². The van der Waals surface area contributed by atoms with Crippen molar-refractivity contribution in [2.24, 2.45) is 4.99 Å². The zero-order valence-corrected chi connectivity index (χ0v) is 20.4. The molecule has 0 aliphatic heterocycles. The Hall–Kier alpha value is -1.49. The van der Waals surface area contributed by atoms with Crippen molar-refractivity contribution in [3.8, 4) is 5.82 Å². The third-order valence-electron chi connectivity index (χ3n) is 5.19. The molecule has 1 aliphatic rings. The molecule has 7 nitrogen and oxygen atoms in total. The van der Waals surface area contributed by atoms with Crippen LogP contribution in [0.1, 0.15) is 44.0 Å². The molecule has 9 heteroatoms. The van der Waals surface area contributed by atoms with E-state index in [0.717, 1.165) is 54.6 Å². The fourth-order valence-corrected chi connectivity index (χ4v) is 4.96. The number of nitrogens with zero attached hydrogens (tertiary/aromatic N) is 4. The third-order valence-corrected chi connectivity index (χ3v) is 6.93. The molecule has 3 rings (SSSR count). The van der Waals surface area contributed by atoms with E-state index in [1.807, 2.05) is 36.9 Å². The molecule has 0 bridgehead atoms. The molecule has 1 saturated carbocycles. The molecule has 3 unspecified atom stereocenters. The third kappa shape index (κ3) is 6.50. The van der Waals surface area contributed by atoms with Crippen molar-refractivity contribution in [3.05, 3.63) is 42.1 Å². The van der Waals surface area contributed by atoms with Crippen LogP contribution in [0.3, 0.4) is 0 Å². The van der Waals surface area contributed by atoms with Gasteiger partial charge < -0.3 is 10.6 Å². The minimum atomic E-state index is -0.716. The molecule has 0 aromatic carbocycles. The molecule has 160 valence electrons. The Bertz CT molecular complexity index is 823. The second kappa shape index (κ2) is 11.6. The van der Waals surface area contributed by atoms with Gasteiger partial charge in [0, 0.05) is 60.0 Å². The van der Waals surface area contributed by atoms with Gasteiger partial charge in [-0.1, -0.05) is 19.4 Å². The summed E-state index contributed by atoms with van der Waals surface area (Å²) in [6.07, 6.45) is 9.78. The average Bonchev–Trinajstić information content (AvgIpc) is 3.17. The molecule has 0 amide bonds. The zero-order valence-electron chi connectivity index (χ0n) is 17.3. The van der Waals surface area contributed by atoms with Crippen molar-refractivity contribution in [3.63, 3.8) is 0 Å². The smallest absolute Gasteiger partial charge is 0.191 e. The van der Waals surface area contributed by atoms with E-state index in [1.54, 1.807) is 13.2 Å². The monoisotopic (exact) mass is 530 g/mol. The van der Waals surface area contributed by atoms with Crippen LogP contribution in [0.15, 0.2) is 35.7 Å². The largest absolute Gasteiger partial charge is 0.354 e. The second-order valence-corrected chi connectivity index (χ2v) is 9.10. The number of aliphatic imine (C=N–C) groups is 1. The van der Waals surface area contributed by atoms with Crippen LogP contribution < -0.4 is 10.6 Å². The maximum Gasteiger partial charge on any atom is 0.191 e. The molecule has 2 heterocycles. The number of guanidine groups is 1. The van der Waals surface area contributed by atoms with E-state index in [9.17, 15) is 4.21 Å². The summed E-state index contributed by atoms with van der Waals surface area (Å²) in [5.74, 6) is 3.30. The number of aryl methyl sites for hydroxylation is 1. The number of nitrogens with one attached hydrogen (secondary N) is 2. The molecule has 0 radical (unpaired) electrons. The second-order valence-electron chi connectivity index (χ2n) is 7.09. The molecular formula is C20H31IN6OS. The summed E-state index contributed by atoms with van der Waals surface area (Å²) in [5, 5.41) is 7.16. The SMILES string of the molecule is CCS(=O)C1CCCC(NC(=NC)NCc2ccc(-n3ccnc3C)nc2)C1.I. The molecule has 1 fully saturated rings. The van der Waals surface area contributed by atoms with Crippen LogP contribution >= 0.6 is 24.0 Å². The first-order chi connectivity index (χ1) is 13.6. The lowest BCUT2D eigenvalue weighted by atomic mass is 9.95. The van der Waals surface area contributed by atoms with Crippen molar-refractivity contribution in [1.82, 2.24) is 25.2 Å². The van der Waals surface area contributed by atoms with Crippen LogP contribution in [0.5, 0.6) is 0 Å². The Balaban J connectivity index is 0.00000300. The van der Waals surface area contributed by atoms with Crippen molar-refractivity contribution in [2.75, 3.05) is 12.8 Å². The van der Waals surface area contributed by atoms with Crippen LogP contribution in [0, 0.1) is 6.92 Å². The van der Waals surface area contributed by atoms with Crippen LogP contribution in [0.2, 0.25) is 0 Å². The Morgan fingerprint density at radius 2 is 2.17 bits per heavy atom. The van der Waals surface area contributed by atoms with Crippen LogP contribution in [-0.2, 0) is 17.3 Å². The number of rotatable bonds is 6. The number of halogens is 1. The summed E-state index contributed by atoms with van der Waals surface area (Å²) in [6.45, 7) is 4.60. The molecule has 2 aromatic heterocycles. The fourth-order valence-electron chi connectivity index (χ4n) is 3.61. The van der Waals surface area contributed by atoms with Crippen molar-refractivity contribution >= 4 is 40.7 Å². The number of aromatic nitrogens is 3. The van der Waals surface area contributed by atoms with Crippen molar-refractivity contribution < 1.29 is 4.21 Å². The van der Waals surface area contributed by atoms with E-state index in [0.29, 0.717) is 17.8 Å². The van der Waals surface area contributed by atoms with Gasteiger partial charge in [-0.2, -0.15) is 0 Å². The standard InChI is InChI=1S/C20H30N6OS.HI/c1-4-28(27)18-7-5-6-17(12-18)25-20(21-3)24-14-16-8-9-19(23-13-16)26-11-10-22-15(26)2;/h8-11,13,17-18H,4-7,12,14H2,1-3H3,(H2,21,24,25);1H. The molecular weight excluding hydrogens is 499 g/mol. The summed E-state index contributed by atoms with van der Waals surface area (Å²) in [7, 11) is 1.06. The highest BCUT2D eigenvalue weighted by Crippen LogP contribution is 2.23. The maximum absolute atomic E-state index is 12.1. The van der Waals surface area contributed by atoms with Crippen LogP contribution in [0.4, 0.5) is 0 Å². The predicted octanol–water partition coefficient (Wildman–Crippen LogP) is 2.94. The molecule has 2 N–H and O–H groups in total. The van der Waals surface area contributed by atoms with Crippen molar-refractivity contribution in [1.29, 1.82) is 0 Å². The Labute approximate surface area is 192 Å². The zero-order chi connectivity index (χ0) is 19.9. The van der Waals surface area contributed by atoms with E-state index in [2.05, 4.69) is 31.7 Å². The first kappa shape index (κ1) is 23.8. The van der Waals surface area contributed by atoms with Gasteiger partial charge in [0.15, 0.2) is 5.96 Å². The number of hydrogen-bond acceptors (Lipinski definition) is 4. The highest BCUT2D eigenvalue weighted by molar-refractivity contribution is 14.0. The Morgan fingerprint density at radius 1 is 1.34 bits per heavy atom. The summed E-state index contributed by atoms with van der Waals surface area (Å²) in [4.78, 5) is 13.1. The molecule has 3 atom stereocenters. The lowest BCUT2D eigenvalue weighted by Gasteiger charge is -2.30. The first-order valence-electron chi connectivity index (χ1n) is 9.90. The van der Waals surface area contributed by atoms with Crippen LogP contribution in [-0.4, -0.2) is 48.8 Å². The van der Waals surface area contributed by atoms with E-state index in [-0.39, 0.29) is 24.0 Å². The number of hydrogen-bond donors (Lipinski definition) is 2. The minimum absolute atomic E-state index is 0. The van der Waals surface area contributed by atoms with E-state index in [4.69, 9.17) is 0 Å². The van der Waals surface area contributed by atoms with Gasteiger partial charge in [0.2, 0.25) is 0 Å². The fraction of sp³-hybridized carbons (Fsp3) is 0.550. The van der Waals surface area contributed by atoms with Crippen LogP contribution in [0.25, 0.3) is 5.82 Å². The number of imidazole rings is 1. The lowest BCUT2D eigenvalue weighted by Crippen LogP contribution is -2.46. The normalized spacial score (nSPS) is 20.6. The molecule has 2 aromatic rings. The minimum Gasteiger partial charge on any atom is -0.354 e. The van der Waals surface area contributed by atoms with Gasteiger partial charge in [0.25, 0.3) is 0 Å². The van der Waals surface area contributed by atoms with Gasteiger partial charge in [-0.3, -0.25) is 13.8 Å². The number of pyridine rings is 1. The topological polar surface area (TPSA) is 84.2 Å². The summed E-state index contributed by atoms with van der Waals surface area (Å²) in [5.41, 5.74) is 1.08. The molecule has 1 aliphatic carbocycles. The molecule has 29 heavy (non-hydrogen) atoms. The Morgan fingerprint density at radius 3 is 2.79 bits per heavy atom. The average molecular weight is 530 g/mol.